The lowest BCUT2D eigenvalue weighted by Crippen LogP contribution is -2.42. The van der Waals surface area contributed by atoms with Gasteiger partial charge in [0.25, 0.3) is 0 Å². The Hall–Kier alpha value is -1.48. The van der Waals surface area contributed by atoms with Crippen molar-refractivity contribution in [3.63, 3.8) is 0 Å². The Labute approximate surface area is 179 Å². The van der Waals surface area contributed by atoms with Gasteiger partial charge in [-0.3, -0.25) is 9.11 Å². The fourth-order valence-corrected chi connectivity index (χ4v) is 6.83. The van der Waals surface area contributed by atoms with Gasteiger partial charge in [-0.05, 0) is 49.8 Å². The van der Waals surface area contributed by atoms with E-state index in [1.54, 1.807) is 10.4 Å². The molecule has 2 saturated heterocycles. The number of ether oxygens (including phenoxy) is 1. The molecular formula is C23H31FN2O3S. The molecule has 2 aliphatic heterocycles. The number of nitrogens with zero attached hydrogens (tertiary/aromatic N) is 1. The maximum atomic E-state index is 15.1. The van der Waals surface area contributed by atoms with Crippen LogP contribution in [-0.2, 0) is 16.8 Å². The average Bonchev–Trinajstić information content (AvgIpc) is 2.73. The van der Waals surface area contributed by atoms with Gasteiger partial charge in [-0.15, -0.1) is 10.8 Å². The van der Waals surface area contributed by atoms with Crippen LogP contribution in [0.25, 0.3) is 0 Å². The van der Waals surface area contributed by atoms with Crippen LogP contribution in [0.3, 0.4) is 0 Å². The fraction of sp³-hybridized carbons (Fsp3) is 0.478. The van der Waals surface area contributed by atoms with Gasteiger partial charge in [-0.1, -0.05) is 42.5 Å². The molecule has 2 atom stereocenters. The summed E-state index contributed by atoms with van der Waals surface area (Å²) >= 11 is 0. The number of benzene rings is 2. The molecule has 0 bridgehead atoms. The Bertz CT molecular complexity index is 874. The maximum Gasteiger partial charge on any atom is 0.128 e. The van der Waals surface area contributed by atoms with Gasteiger partial charge >= 0.3 is 0 Å². The molecule has 4 rings (SSSR count). The molecule has 0 unspecified atom stereocenters. The highest BCUT2D eigenvalue weighted by atomic mass is 32.3. The zero-order chi connectivity index (χ0) is 21.4. The van der Waals surface area contributed by atoms with E-state index in [2.05, 4.69) is 0 Å². The normalized spacial score (nSPS) is 27.5. The fourth-order valence-electron chi connectivity index (χ4n) is 4.57. The Morgan fingerprint density at radius 2 is 1.83 bits per heavy atom. The zero-order valence-corrected chi connectivity index (χ0v) is 18.2. The second-order valence-corrected chi connectivity index (χ2v) is 10.7. The van der Waals surface area contributed by atoms with Crippen molar-refractivity contribution < 1.29 is 18.2 Å². The van der Waals surface area contributed by atoms with Gasteiger partial charge in [-0.25, -0.2) is 4.39 Å². The van der Waals surface area contributed by atoms with Crippen molar-refractivity contribution in [2.75, 3.05) is 13.2 Å². The minimum atomic E-state index is -3.10. The van der Waals surface area contributed by atoms with Crippen molar-refractivity contribution in [1.82, 2.24) is 4.31 Å². The van der Waals surface area contributed by atoms with Crippen molar-refractivity contribution >= 4 is 10.8 Å². The Morgan fingerprint density at radius 1 is 1.13 bits per heavy atom. The molecule has 0 spiro atoms. The third-order valence-electron chi connectivity index (χ3n) is 6.58. The summed E-state index contributed by atoms with van der Waals surface area (Å²) < 4.78 is 44.5. The summed E-state index contributed by atoms with van der Waals surface area (Å²) in [5, 5.41) is -0.369. The predicted octanol–water partition coefficient (Wildman–Crippen LogP) is 5.18. The topological polar surface area (TPSA) is 79.0 Å². The molecule has 30 heavy (non-hydrogen) atoms. The van der Waals surface area contributed by atoms with Crippen LogP contribution in [0.4, 0.5) is 4.39 Å². The minimum absolute atomic E-state index is 0.0506. The Kier molecular flexibility index (Phi) is 6.21. The van der Waals surface area contributed by atoms with E-state index in [-0.39, 0.29) is 23.7 Å². The molecule has 2 aromatic carbocycles. The predicted molar refractivity (Wildman–Crippen MR) is 119 cm³/mol. The third kappa shape index (κ3) is 4.15. The van der Waals surface area contributed by atoms with Crippen LogP contribution in [-0.4, -0.2) is 32.7 Å². The summed E-state index contributed by atoms with van der Waals surface area (Å²) in [5.41, 5.74) is 8.06. The average molecular weight is 435 g/mol. The monoisotopic (exact) mass is 434 g/mol. The van der Waals surface area contributed by atoms with E-state index in [1.165, 1.54) is 6.07 Å². The first-order valence-electron chi connectivity index (χ1n) is 10.6. The molecule has 4 N–H and O–H groups in total. The van der Waals surface area contributed by atoms with E-state index in [0.717, 1.165) is 17.5 Å². The van der Waals surface area contributed by atoms with Crippen molar-refractivity contribution in [3.05, 3.63) is 71.0 Å². The Balaban J connectivity index is 1.57. The van der Waals surface area contributed by atoms with Crippen molar-refractivity contribution in [2.24, 2.45) is 5.73 Å². The van der Waals surface area contributed by atoms with E-state index < -0.39 is 16.3 Å². The van der Waals surface area contributed by atoms with Crippen LogP contribution < -0.4 is 5.73 Å². The molecular weight excluding hydrogens is 403 g/mol. The molecule has 7 heteroatoms. The number of halogens is 1. The highest BCUT2D eigenvalue weighted by Crippen LogP contribution is 2.63. The van der Waals surface area contributed by atoms with E-state index >= 15 is 4.39 Å². The number of hydrogen-bond donors (Lipinski definition) is 3. The van der Waals surface area contributed by atoms with Gasteiger partial charge in [-0.2, -0.15) is 4.31 Å². The van der Waals surface area contributed by atoms with E-state index in [1.807, 2.05) is 43.3 Å². The van der Waals surface area contributed by atoms with Crippen LogP contribution in [0.2, 0.25) is 0 Å². The molecule has 2 heterocycles. The van der Waals surface area contributed by atoms with Crippen molar-refractivity contribution in [2.45, 2.75) is 56.0 Å². The largest absolute Gasteiger partial charge is 0.381 e. The van der Waals surface area contributed by atoms with Gasteiger partial charge in [0.1, 0.15) is 5.82 Å². The molecule has 2 fully saturated rings. The number of nitrogens with two attached hydrogens (primary N) is 1. The second kappa shape index (κ2) is 8.57. The Morgan fingerprint density at radius 3 is 2.50 bits per heavy atom. The van der Waals surface area contributed by atoms with Gasteiger partial charge in [0.15, 0.2) is 0 Å². The summed E-state index contributed by atoms with van der Waals surface area (Å²) in [5.74, 6) is -0.354. The molecule has 5 nitrogen and oxygen atoms in total. The van der Waals surface area contributed by atoms with E-state index in [4.69, 9.17) is 10.5 Å². The van der Waals surface area contributed by atoms with Crippen LogP contribution in [0.5, 0.6) is 0 Å². The van der Waals surface area contributed by atoms with Crippen LogP contribution in [0.15, 0.2) is 48.5 Å². The summed E-state index contributed by atoms with van der Waals surface area (Å²) in [7, 11) is -3.10. The van der Waals surface area contributed by atoms with Crippen molar-refractivity contribution in [1.29, 1.82) is 0 Å². The van der Waals surface area contributed by atoms with Gasteiger partial charge in [0, 0.05) is 36.9 Å². The summed E-state index contributed by atoms with van der Waals surface area (Å²) in [6, 6.07) is 14.7. The van der Waals surface area contributed by atoms with Gasteiger partial charge < -0.3 is 10.5 Å². The molecule has 0 saturated carbocycles. The quantitative estimate of drug-likeness (QED) is 0.618. The van der Waals surface area contributed by atoms with Crippen LogP contribution in [0, 0.1) is 5.82 Å². The lowest BCUT2D eigenvalue weighted by molar-refractivity contribution is 0.0521. The lowest BCUT2D eigenvalue weighted by Gasteiger charge is -2.54. The van der Waals surface area contributed by atoms with Gasteiger partial charge in [0.05, 0.1) is 5.25 Å². The third-order valence-corrected chi connectivity index (χ3v) is 9.03. The molecule has 0 aromatic heterocycles. The standard InChI is InChI=1S/C23H31FN2O3S/c1-17-7-10-22(18-5-3-2-4-6-18)30(27,28)26(17)16-19-8-9-20(15-21(19)24)23(25)11-13-29-14-12-23/h2-6,8-9,15,17,22,27-28H,7,10-14,16,25H2,1H3/t17-,22+/m0/s1. The number of hydrogen-bond acceptors (Lipinski definition) is 5. The first-order valence-corrected chi connectivity index (χ1v) is 12.1. The van der Waals surface area contributed by atoms with Crippen molar-refractivity contribution in [3.8, 4) is 0 Å². The smallest absolute Gasteiger partial charge is 0.128 e. The molecule has 0 amide bonds. The molecule has 0 aliphatic carbocycles. The van der Waals surface area contributed by atoms with Crippen LogP contribution in [0.1, 0.15) is 54.5 Å². The van der Waals surface area contributed by atoms with E-state index in [0.29, 0.717) is 38.0 Å². The molecule has 164 valence electrons. The SMILES string of the molecule is C[C@H]1CC[C@H](c2ccccc2)S(O)(O)N1Cc1ccc(C2(N)CCOCC2)cc1F. The lowest BCUT2D eigenvalue weighted by atomic mass is 9.83. The minimum Gasteiger partial charge on any atom is -0.381 e. The van der Waals surface area contributed by atoms with Crippen LogP contribution >= 0.6 is 10.8 Å². The first kappa shape index (κ1) is 21.7. The summed E-state index contributed by atoms with van der Waals surface area (Å²) in [6.45, 7) is 3.28. The maximum absolute atomic E-state index is 15.1. The zero-order valence-electron chi connectivity index (χ0n) is 17.3. The highest BCUT2D eigenvalue weighted by Gasteiger charge is 2.41. The molecule has 0 radical (unpaired) electrons. The van der Waals surface area contributed by atoms with Gasteiger partial charge in [0.2, 0.25) is 0 Å². The van der Waals surface area contributed by atoms with E-state index in [9.17, 15) is 9.11 Å². The molecule has 2 aromatic rings. The second-order valence-electron chi connectivity index (χ2n) is 8.54. The summed E-state index contributed by atoms with van der Waals surface area (Å²) in [4.78, 5) is 0. The highest BCUT2D eigenvalue weighted by molar-refractivity contribution is 8.22. The summed E-state index contributed by atoms with van der Waals surface area (Å²) in [6.07, 6.45) is 2.84. The molecule has 2 aliphatic rings. The first-order chi connectivity index (χ1) is 14.3. The number of rotatable bonds is 4.